The topological polar surface area (TPSA) is 12.0 Å². The summed E-state index contributed by atoms with van der Waals surface area (Å²) in [6.45, 7) is 11.2. The van der Waals surface area contributed by atoms with Gasteiger partial charge in [0.05, 0.1) is 0 Å². The maximum absolute atomic E-state index is 4.12. The normalized spacial score (nSPS) is 31.7. The number of piperidine rings is 1. The molecule has 2 atom stereocenters. The molecule has 1 aliphatic heterocycles. The zero-order valence-corrected chi connectivity index (χ0v) is 10.3. The van der Waals surface area contributed by atoms with Crippen LogP contribution in [-0.4, -0.2) is 13.1 Å². The van der Waals surface area contributed by atoms with E-state index in [9.17, 15) is 0 Å². The van der Waals surface area contributed by atoms with E-state index in [1.165, 1.54) is 50.8 Å². The number of allylic oxidation sites excluding steroid dienone is 1. The second-order valence-corrected chi connectivity index (χ2v) is 5.89. The van der Waals surface area contributed by atoms with Gasteiger partial charge in [0.25, 0.3) is 0 Å². The van der Waals surface area contributed by atoms with Gasteiger partial charge in [-0.1, -0.05) is 19.1 Å². The second kappa shape index (κ2) is 4.29. The molecule has 0 aromatic heterocycles. The molecule has 0 bridgehead atoms. The lowest BCUT2D eigenvalue weighted by Crippen LogP contribution is -2.35. The van der Waals surface area contributed by atoms with Crippen LogP contribution >= 0.6 is 0 Å². The van der Waals surface area contributed by atoms with Gasteiger partial charge in [-0.25, -0.2) is 0 Å². The standard InChI is InChI=1S/C14H25N/c1-11(2)12(3)13-4-5-14(10-13)6-8-15-9-7-14/h12-13,15H,1,4-10H2,2-3H3/t12-,13?/m1/s1. The molecule has 0 amide bonds. The van der Waals surface area contributed by atoms with Crippen molar-refractivity contribution < 1.29 is 0 Å². The maximum atomic E-state index is 4.12. The molecule has 2 fully saturated rings. The van der Waals surface area contributed by atoms with Gasteiger partial charge in [0.1, 0.15) is 0 Å². The van der Waals surface area contributed by atoms with Crippen LogP contribution in [0.4, 0.5) is 0 Å². The molecule has 1 spiro atoms. The van der Waals surface area contributed by atoms with Crippen LogP contribution in [0.3, 0.4) is 0 Å². The molecule has 15 heavy (non-hydrogen) atoms. The Kier molecular flexibility index (Phi) is 3.20. The van der Waals surface area contributed by atoms with Gasteiger partial charge < -0.3 is 5.32 Å². The van der Waals surface area contributed by atoms with E-state index < -0.39 is 0 Å². The van der Waals surface area contributed by atoms with Gasteiger partial charge in [-0.3, -0.25) is 0 Å². The third-order valence-electron chi connectivity index (χ3n) is 4.89. The molecule has 86 valence electrons. The minimum Gasteiger partial charge on any atom is -0.317 e. The highest BCUT2D eigenvalue weighted by molar-refractivity contribution is 5.02. The van der Waals surface area contributed by atoms with E-state index in [4.69, 9.17) is 0 Å². The molecule has 1 unspecified atom stereocenters. The van der Waals surface area contributed by atoms with Gasteiger partial charge in [0.15, 0.2) is 0 Å². The van der Waals surface area contributed by atoms with E-state index in [1.807, 2.05) is 0 Å². The predicted molar refractivity (Wildman–Crippen MR) is 65.9 cm³/mol. The summed E-state index contributed by atoms with van der Waals surface area (Å²) in [4.78, 5) is 0. The Balaban J connectivity index is 1.96. The summed E-state index contributed by atoms with van der Waals surface area (Å²) in [5, 5.41) is 3.49. The predicted octanol–water partition coefficient (Wildman–Crippen LogP) is 3.37. The first-order chi connectivity index (χ1) is 7.13. The fourth-order valence-corrected chi connectivity index (χ4v) is 3.49. The molecule has 1 nitrogen and oxygen atoms in total. The van der Waals surface area contributed by atoms with Gasteiger partial charge in [-0.15, -0.1) is 0 Å². The van der Waals surface area contributed by atoms with Crippen LogP contribution in [0.25, 0.3) is 0 Å². The van der Waals surface area contributed by atoms with E-state index >= 15 is 0 Å². The zero-order chi connectivity index (χ0) is 10.9. The summed E-state index contributed by atoms with van der Waals surface area (Å²) in [6.07, 6.45) is 7.19. The molecule has 1 N–H and O–H groups in total. The Bertz CT molecular complexity index is 238. The van der Waals surface area contributed by atoms with Crippen molar-refractivity contribution >= 4 is 0 Å². The molecule has 1 saturated heterocycles. The summed E-state index contributed by atoms with van der Waals surface area (Å²) < 4.78 is 0. The third-order valence-corrected chi connectivity index (χ3v) is 4.89. The summed E-state index contributed by atoms with van der Waals surface area (Å²) in [7, 11) is 0. The largest absolute Gasteiger partial charge is 0.317 e. The SMILES string of the molecule is C=C(C)[C@@H](C)C1CCC2(CCNCC2)C1. The van der Waals surface area contributed by atoms with Gasteiger partial charge in [-0.05, 0) is 69.4 Å². The number of hydrogen-bond acceptors (Lipinski definition) is 1. The van der Waals surface area contributed by atoms with Crippen LogP contribution < -0.4 is 5.32 Å². The first-order valence-electron chi connectivity index (χ1n) is 6.49. The van der Waals surface area contributed by atoms with E-state index in [1.54, 1.807) is 0 Å². The van der Waals surface area contributed by atoms with Gasteiger partial charge >= 0.3 is 0 Å². The summed E-state index contributed by atoms with van der Waals surface area (Å²) >= 11 is 0. The molecule has 1 heterocycles. The van der Waals surface area contributed by atoms with Crippen LogP contribution in [0, 0.1) is 17.3 Å². The summed E-state index contributed by atoms with van der Waals surface area (Å²) in [6, 6.07) is 0. The molecule has 0 radical (unpaired) electrons. The van der Waals surface area contributed by atoms with E-state index in [2.05, 4.69) is 25.7 Å². The van der Waals surface area contributed by atoms with Crippen molar-refractivity contribution in [3.8, 4) is 0 Å². The smallest absolute Gasteiger partial charge is 0.00436 e. The third kappa shape index (κ3) is 2.28. The molecule has 0 aromatic carbocycles. The Morgan fingerprint density at radius 3 is 2.60 bits per heavy atom. The van der Waals surface area contributed by atoms with E-state index in [0.29, 0.717) is 5.41 Å². The minimum absolute atomic E-state index is 0.708. The van der Waals surface area contributed by atoms with E-state index in [-0.39, 0.29) is 0 Å². The molecule has 0 aromatic rings. The highest BCUT2D eigenvalue weighted by Crippen LogP contribution is 2.50. The average Bonchev–Trinajstić information content (AvgIpc) is 2.62. The summed E-state index contributed by atoms with van der Waals surface area (Å²) in [5.74, 6) is 1.65. The van der Waals surface area contributed by atoms with Gasteiger partial charge in [0.2, 0.25) is 0 Å². The number of hydrogen-bond donors (Lipinski definition) is 1. The minimum atomic E-state index is 0.708. The quantitative estimate of drug-likeness (QED) is 0.685. The first kappa shape index (κ1) is 11.2. The second-order valence-electron chi connectivity index (χ2n) is 5.89. The molecule has 1 saturated carbocycles. The Morgan fingerprint density at radius 2 is 2.00 bits per heavy atom. The highest BCUT2D eigenvalue weighted by atomic mass is 14.9. The highest BCUT2D eigenvalue weighted by Gasteiger charge is 2.41. The lowest BCUT2D eigenvalue weighted by Gasteiger charge is -2.34. The average molecular weight is 207 g/mol. The number of rotatable bonds is 2. The molecular weight excluding hydrogens is 182 g/mol. The first-order valence-corrected chi connectivity index (χ1v) is 6.49. The van der Waals surface area contributed by atoms with Crippen LogP contribution in [-0.2, 0) is 0 Å². The van der Waals surface area contributed by atoms with Gasteiger partial charge in [0, 0.05) is 0 Å². The molecule has 1 aliphatic carbocycles. The maximum Gasteiger partial charge on any atom is -0.00436 e. The van der Waals surface area contributed by atoms with Gasteiger partial charge in [-0.2, -0.15) is 0 Å². The Hall–Kier alpha value is -0.300. The summed E-state index contributed by atoms with van der Waals surface area (Å²) in [5.41, 5.74) is 2.09. The van der Waals surface area contributed by atoms with Crippen molar-refractivity contribution in [2.45, 2.75) is 46.0 Å². The van der Waals surface area contributed by atoms with Crippen molar-refractivity contribution in [2.75, 3.05) is 13.1 Å². The Morgan fingerprint density at radius 1 is 1.33 bits per heavy atom. The van der Waals surface area contributed by atoms with Crippen molar-refractivity contribution in [1.29, 1.82) is 0 Å². The van der Waals surface area contributed by atoms with E-state index in [0.717, 1.165) is 11.8 Å². The zero-order valence-electron chi connectivity index (χ0n) is 10.3. The van der Waals surface area contributed by atoms with Crippen molar-refractivity contribution in [1.82, 2.24) is 5.32 Å². The fraction of sp³-hybridized carbons (Fsp3) is 0.857. The number of nitrogens with one attached hydrogen (secondary N) is 1. The lowest BCUT2D eigenvalue weighted by atomic mass is 9.75. The van der Waals surface area contributed by atoms with Crippen molar-refractivity contribution in [2.24, 2.45) is 17.3 Å². The Labute approximate surface area is 94.3 Å². The molecule has 1 heteroatoms. The van der Waals surface area contributed by atoms with Crippen LogP contribution in [0.5, 0.6) is 0 Å². The monoisotopic (exact) mass is 207 g/mol. The van der Waals surface area contributed by atoms with Crippen LogP contribution in [0.15, 0.2) is 12.2 Å². The lowest BCUT2D eigenvalue weighted by molar-refractivity contribution is 0.195. The molecule has 2 rings (SSSR count). The molecular formula is C14H25N. The van der Waals surface area contributed by atoms with Crippen LogP contribution in [0.2, 0.25) is 0 Å². The van der Waals surface area contributed by atoms with Crippen molar-refractivity contribution in [3.63, 3.8) is 0 Å². The molecule has 2 aliphatic rings. The van der Waals surface area contributed by atoms with Crippen LogP contribution in [0.1, 0.15) is 46.0 Å². The fourth-order valence-electron chi connectivity index (χ4n) is 3.49. The van der Waals surface area contributed by atoms with Crippen molar-refractivity contribution in [3.05, 3.63) is 12.2 Å².